The zero-order valence-corrected chi connectivity index (χ0v) is 17.5. The number of rotatable bonds is 3. The van der Waals surface area contributed by atoms with Crippen LogP contribution in [0.3, 0.4) is 0 Å². The normalized spacial score (nSPS) is 20.7. The van der Waals surface area contributed by atoms with Gasteiger partial charge in [0.1, 0.15) is 24.9 Å². The molecule has 8 heteroatoms. The predicted octanol–water partition coefficient (Wildman–Crippen LogP) is 1.91. The Hall–Kier alpha value is -2.87. The van der Waals surface area contributed by atoms with E-state index in [0.29, 0.717) is 43.4 Å². The van der Waals surface area contributed by atoms with E-state index in [4.69, 9.17) is 19.4 Å². The molecule has 2 aromatic rings. The number of fused-ring (bicyclic) bond motifs is 2. The van der Waals surface area contributed by atoms with Crippen LogP contribution in [0, 0.1) is 0 Å². The van der Waals surface area contributed by atoms with Gasteiger partial charge in [0.25, 0.3) is 5.91 Å². The molecule has 0 aliphatic carbocycles. The summed E-state index contributed by atoms with van der Waals surface area (Å²) in [5, 5.41) is 3.24. The molecule has 0 radical (unpaired) electrons. The zero-order valence-electron chi connectivity index (χ0n) is 17.5. The Morgan fingerprint density at radius 2 is 2.00 bits per heavy atom. The van der Waals surface area contributed by atoms with E-state index in [-0.39, 0.29) is 11.8 Å². The van der Waals surface area contributed by atoms with E-state index in [9.17, 15) is 4.79 Å². The summed E-state index contributed by atoms with van der Waals surface area (Å²) in [4.78, 5) is 27.0. The van der Waals surface area contributed by atoms with Gasteiger partial charge < -0.3 is 24.6 Å². The number of likely N-dealkylation sites (N-methyl/N-ethyl adjacent to an activating group) is 1. The van der Waals surface area contributed by atoms with Crippen LogP contribution < -0.4 is 14.8 Å². The van der Waals surface area contributed by atoms with Gasteiger partial charge in [-0.2, -0.15) is 0 Å². The number of benzene rings is 1. The number of ether oxygens (including phenoxy) is 2. The fourth-order valence-electron chi connectivity index (χ4n) is 4.47. The van der Waals surface area contributed by atoms with Crippen LogP contribution in [-0.4, -0.2) is 72.6 Å². The number of nitrogens with one attached hydrogen (secondary N) is 1. The highest BCUT2D eigenvalue weighted by atomic mass is 16.6. The monoisotopic (exact) mass is 409 g/mol. The second-order valence-electron chi connectivity index (χ2n) is 8.19. The summed E-state index contributed by atoms with van der Waals surface area (Å²) < 4.78 is 11.2. The maximum atomic E-state index is 13.1. The van der Waals surface area contributed by atoms with Crippen molar-refractivity contribution in [3.8, 4) is 11.5 Å². The molecule has 1 fully saturated rings. The minimum Gasteiger partial charge on any atom is -0.486 e. The van der Waals surface area contributed by atoms with Crippen LogP contribution in [0.4, 0.5) is 5.82 Å². The molecule has 30 heavy (non-hydrogen) atoms. The summed E-state index contributed by atoms with van der Waals surface area (Å²) >= 11 is 0. The Labute approximate surface area is 176 Å². The first-order valence-electron chi connectivity index (χ1n) is 10.6. The van der Waals surface area contributed by atoms with Crippen LogP contribution in [0.25, 0.3) is 0 Å². The Kier molecular flexibility index (Phi) is 4.94. The van der Waals surface area contributed by atoms with Crippen molar-refractivity contribution in [2.24, 2.45) is 0 Å². The molecule has 5 rings (SSSR count). The highest BCUT2D eigenvalue weighted by molar-refractivity contribution is 5.95. The lowest BCUT2D eigenvalue weighted by atomic mass is 10.0. The highest BCUT2D eigenvalue weighted by Crippen LogP contribution is 2.33. The zero-order chi connectivity index (χ0) is 20.7. The van der Waals surface area contributed by atoms with Gasteiger partial charge in [0.15, 0.2) is 11.5 Å². The van der Waals surface area contributed by atoms with Gasteiger partial charge in [-0.1, -0.05) is 0 Å². The van der Waals surface area contributed by atoms with Crippen molar-refractivity contribution in [1.29, 1.82) is 0 Å². The van der Waals surface area contributed by atoms with Crippen LogP contribution in [0.15, 0.2) is 18.2 Å². The first kappa shape index (κ1) is 19.1. The van der Waals surface area contributed by atoms with Crippen LogP contribution in [0.1, 0.15) is 39.8 Å². The van der Waals surface area contributed by atoms with Gasteiger partial charge in [-0.3, -0.25) is 4.79 Å². The molecule has 3 aliphatic heterocycles. The molecule has 0 bridgehead atoms. The van der Waals surface area contributed by atoms with E-state index in [1.165, 1.54) is 5.56 Å². The third kappa shape index (κ3) is 3.45. The van der Waals surface area contributed by atoms with E-state index < -0.39 is 0 Å². The van der Waals surface area contributed by atoms with Crippen molar-refractivity contribution in [2.75, 3.05) is 52.3 Å². The lowest BCUT2D eigenvalue weighted by Gasteiger charge is -2.26. The van der Waals surface area contributed by atoms with Crippen LogP contribution in [0.2, 0.25) is 0 Å². The fourth-order valence-corrected chi connectivity index (χ4v) is 4.47. The van der Waals surface area contributed by atoms with Crippen LogP contribution >= 0.6 is 0 Å². The van der Waals surface area contributed by atoms with E-state index in [2.05, 4.69) is 17.3 Å². The first-order chi connectivity index (χ1) is 14.6. The van der Waals surface area contributed by atoms with Crippen molar-refractivity contribution in [3.63, 3.8) is 0 Å². The molecule has 158 valence electrons. The van der Waals surface area contributed by atoms with Gasteiger partial charge in [-0.05, 0) is 31.7 Å². The molecular weight excluding hydrogens is 382 g/mol. The molecule has 1 aromatic heterocycles. The molecule has 4 heterocycles. The van der Waals surface area contributed by atoms with Gasteiger partial charge in [-0.15, -0.1) is 0 Å². The van der Waals surface area contributed by atoms with Gasteiger partial charge in [-0.25, -0.2) is 9.97 Å². The SMILES string of the molecule is CNc1nc(C2CCN(C(=O)c3ccc4c(c3)OCCO4)C2)nc2c1CN(C)CC2. The maximum Gasteiger partial charge on any atom is 0.254 e. The summed E-state index contributed by atoms with van der Waals surface area (Å²) in [6.45, 7) is 4.26. The Bertz CT molecular complexity index is 962. The third-order valence-electron chi connectivity index (χ3n) is 6.13. The summed E-state index contributed by atoms with van der Waals surface area (Å²) in [6, 6.07) is 5.42. The topological polar surface area (TPSA) is 79.8 Å². The largest absolute Gasteiger partial charge is 0.486 e. The quantitative estimate of drug-likeness (QED) is 0.829. The summed E-state index contributed by atoms with van der Waals surface area (Å²) in [5.74, 6) is 3.28. The first-order valence-corrected chi connectivity index (χ1v) is 10.6. The number of likely N-dealkylation sites (tertiary alicyclic amines) is 1. The van der Waals surface area contributed by atoms with Crippen molar-refractivity contribution in [1.82, 2.24) is 19.8 Å². The Morgan fingerprint density at radius 3 is 2.83 bits per heavy atom. The average molecular weight is 409 g/mol. The van der Waals surface area contributed by atoms with Crippen molar-refractivity contribution < 1.29 is 14.3 Å². The van der Waals surface area contributed by atoms with Crippen molar-refractivity contribution in [2.45, 2.75) is 25.3 Å². The molecule has 1 atom stereocenters. The van der Waals surface area contributed by atoms with Gasteiger partial charge >= 0.3 is 0 Å². The summed E-state index contributed by atoms with van der Waals surface area (Å²) in [5.41, 5.74) is 2.96. The molecular formula is C22H27N5O3. The molecule has 8 nitrogen and oxygen atoms in total. The number of hydrogen-bond donors (Lipinski definition) is 1. The summed E-state index contributed by atoms with van der Waals surface area (Å²) in [7, 11) is 4.03. The summed E-state index contributed by atoms with van der Waals surface area (Å²) in [6.07, 6.45) is 1.81. The number of carbonyl (C=O) groups excluding carboxylic acids is 1. The number of anilines is 1. The molecule has 3 aliphatic rings. The van der Waals surface area contributed by atoms with Gasteiger partial charge in [0.2, 0.25) is 0 Å². The van der Waals surface area contributed by atoms with Crippen molar-refractivity contribution in [3.05, 3.63) is 40.8 Å². The molecule has 1 aromatic carbocycles. The number of hydrogen-bond acceptors (Lipinski definition) is 7. The second-order valence-corrected chi connectivity index (χ2v) is 8.19. The lowest BCUT2D eigenvalue weighted by molar-refractivity contribution is 0.0789. The molecule has 1 saturated heterocycles. The maximum absolute atomic E-state index is 13.1. The van der Waals surface area contributed by atoms with Crippen molar-refractivity contribution >= 4 is 11.7 Å². The Morgan fingerprint density at radius 1 is 1.17 bits per heavy atom. The minimum absolute atomic E-state index is 0.0166. The van der Waals surface area contributed by atoms with Gasteiger partial charge in [0, 0.05) is 56.7 Å². The second kappa shape index (κ2) is 7.75. The van der Waals surface area contributed by atoms with Crippen LogP contribution in [0.5, 0.6) is 11.5 Å². The molecule has 0 spiro atoms. The van der Waals surface area contributed by atoms with Gasteiger partial charge in [0.05, 0.1) is 5.69 Å². The molecule has 1 amide bonds. The van der Waals surface area contributed by atoms with Crippen LogP contribution in [-0.2, 0) is 13.0 Å². The standard InChI is InChI=1S/C22H27N5O3/c1-23-21-16-13-26(2)7-6-17(16)24-20(25-21)15-5-8-27(12-15)22(28)14-3-4-18-19(11-14)30-10-9-29-18/h3-4,11,15H,5-10,12-13H2,1-2H3,(H,23,24,25). The predicted molar refractivity (Wildman–Crippen MR) is 112 cm³/mol. The average Bonchev–Trinajstić information content (AvgIpc) is 3.28. The fraction of sp³-hybridized carbons (Fsp3) is 0.500. The molecule has 1 N–H and O–H groups in total. The number of carbonyl (C=O) groups is 1. The lowest BCUT2D eigenvalue weighted by Crippen LogP contribution is -2.30. The highest BCUT2D eigenvalue weighted by Gasteiger charge is 2.32. The van der Waals surface area contributed by atoms with E-state index in [1.54, 1.807) is 6.07 Å². The molecule has 1 unspecified atom stereocenters. The molecule has 0 saturated carbocycles. The van der Waals surface area contributed by atoms with E-state index in [0.717, 1.165) is 43.3 Å². The Balaban J connectivity index is 1.34. The smallest absolute Gasteiger partial charge is 0.254 e. The number of nitrogens with zero attached hydrogens (tertiary/aromatic N) is 4. The van der Waals surface area contributed by atoms with E-state index in [1.807, 2.05) is 24.1 Å². The number of amides is 1. The minimum atomic E-state index is 0.0166. The number of aromatic nitrogens is 2. The third-order valence-corrected chi connectivity index (χ3v) is 6.13. The van der Waals surface area contributed by atoms with E-state index >= 15 is 0 Å².